The van der Waals surface area contributed by atoms with Gasteiger partial charge in [0.2, 0.25) is 5.91 Å². The number of fused-ring (bicyclic) bond motifs is 1. The number of rotatable bonds is 9. The summed E-state index contributed by atoms with van der Waals surface area (Å²) in [5, 5.41) is 14.0. The molecular weight excluding hydrogens is 518 g/mol. The first-order valence-corrected chi connectivity index (χ1v) is 12.5. The van der Waals surface area contributed by atoms with Crippen molar-refractivity contribution in [3.05, 3.63) is 105 Å². The van der Waals surface area contributed by atoms with E-state index in [0.717, 1.165) is 16.7 Å². The molecule has 11 heteroatoms. The van der Waals surface area contributed by atoms with E-state index in [2.05, 4.69) is 5.32 Å². The zero-order valence-electron chi connectivity index (χ0n) is 22.1. The predicted molar refractivity (Wildman–Crippen MR) is 143 cm³/mol. The van der Waals surface area contributed by atoms with Crippen molar-refractivity contribution in [3.63, 3.8) is 0 Å². The van der Waals surface area contributed by atoms with Crippen molar-refractivity contribution in [2.45, 2.75) is 38.1 Å². The van der Waals surface area contributed by atoms with E-state index in [-0.39, 0.29) is 31.7 Å². The molecule has 0 fully saturated rings. The number of hydrogen-bond donors (Lipinski definition) is 1. The second kappa shape index (κ2) is 12.7. The number of benzene rings is 3. The molecule has 11 nitrogen and oxygen atoms in total. The molecule has 0 radical (unpaired) electrons. The third-order valence-electron chi connectivity index (χ3n) is 6.69. The van der Waals surface area contributed by atoms with Crippen molar-refractivity contribution in [1.29, 1.82) is 0 Å². The number of hydrogen-bond acceptors (Lipinski definition) is 8. The Bertz CT molecular complexity index is 1400. The van der Waals surface area contributed by atoms with Gasteiger partial charge in [0.05, 0.1) is 25.7 Å². The zero-order chi connectivity index (χ0) is 28.6. The van der Waals surface area contributed by atoms with E-state index < -0.39 is 35.0 Å². The maximum absolute atomic E-state index is 13.6. The Morgan fingerprint density at radius 3 is 2.40 bits per heavy atom. The Labute approximate surface area is 230 Å². The lowest BCUT2D eigenvalue weighted by Crippen LogP contribution is -2.56. The predicted octanol–water partition coefficient (Wildman–Crippen LogP) is 3.57. The molecule has 40 heavy (non-hydrogen) atoms. The quantitative estimate of drug-likeness (QED) is 0.244. The SMILES string of the molecule is COC(=O)[C@H](Cc1cc([N+](=O)[O-])ccc1OC)NC(=O)[C@@H]1Cc2ccccc2CN1C(=O)OCc1ccccc1. The molecule has 0 saturated carbocycles. The van der Waals surface area contributed by atoms with E-state index >= 15 is 0 Å². The van der Waals surface area contributed by atoms with Crippen LogP contribution >= 0.6 is 0 Å². The summed E-state index contributed by atoms with van der Waals surface area (Å²) in [4.78, 5) is 51.6. The Balaban J connectivity index is 1.57. The third-order valence-corrected chi connectivity index (χ3v) is 6.69. The number of methoxy groups -OCH3 is 2. The standard InChI is InChI=1S/C29H29N3O8/c1-38-26-13-12-23(32(36)37)14-22(26)15-24(28(34)39-2)30-27(33)25-16-20-10-6-7-11-21(20)17-31(25)29(35)40-18-19-8-4-3-5-9-19/h3-14,24-25H,15-18H2,1-2H3,(H,30,33)/t24-,25-/m0/s1. The van der Waals surface area contributed by atoms with Crippen molar-refractivity contribution >= 4 is 23.7 Å². The van der Waals surface area contributed by atoms with E-state index in [0.29, 0.717) is 11.3 Å². The summed E-state index contributed by atoms with van der Waals surface area (Å²) in [5.74, 6) is -1.03. The lowest BCUT2D eigenvalue weighted by molar-refractivity contribution is -0.384. The molecule has 4 rings (SSSR count). The highest BCUT2D eigenvalue weighted by Crippen LogP contribution is 2.27. The van der Waals surface area contributed by atoms with Crippen LogP contribution in [0.4, 0.5) is 10.5 Å². The summed E-state index contributed by atoms with van der Waals surface area (Å²) in [6, 6.07) is 18.5. The molecule has 0 unspecified atom stereocenters. The maximum Gasteiger partial charge on any atom is 0.411 e. The van der Waals surface area contributed by atoms with Crippen LogP contribution in [0.25, 0.3) is 0 Å². The number of carbonyl (C=O) groups excluding carboxylic acids is 3. The summed E-state index contributed by atoms with van der Waals surface area (Å²) in [6.07, 6.45) is -0.602. The second-order valence-corrected chi connectivity index (χ2v) is 9.20. The van der Waals surface area contributed by atoms with E-state index in [1.165, 1.54) is 37.3 Å². The number of esters is 1. The zero-order valence-corrected chi connectivity index (χ0v) is 22.1. The average molecular weight is 548 g/mol. The number of nitrogens with zero attached hydrogens (tertiary/aromatic N) is 2. The lowest BCUT2D eigenvalue weighted by atomic mass is 9.93. The average Bonchev–Trinajstić information content (AvgIpc) is 2.98. The van der Waals surface area contributed by atoms with Crippen LogP contribution in [0.3, 0.4) is 0 Å². The first kappa shape index (κ1) is 28.1. The summed E-state index contributed by atoms with van der Waals surface area (Å²) in [6.45, 7) is 0.174. The molecule has 0 saturated heterocycles. The molecule has 0 aromatic heterocycles. The van der Waals surface area contributed by atoms with Gasteiger partial charge in [0.15, 0.2) is 0 Å². The van der Waals surface area contributed by atoms with Gasteiger partial charge >= 0.3 is 12.1 Å². The van der Waals surface area contributed by atoms with Gasteiger partial charge in [-0.2, -0.15) is 0 Å². The molecule has 1 N–H and O–H groups in total. The van der Waals surface area contributed by atoms with Crippen LogP contribution in [-0.2, 0) is 45.1 Å². The summed E-state index contributed by atoms with van der Waals surface area (Å²) in [5.41, 5.74) is 2.71. The van der Waals surface area contributed by atoms with Crippen LogP contribution in [0.5, 0.6) is 5.75 Å². The molecule has 208 valence electrons. The van der Waals surface area contributed by atoms with Gasteiger partial charge in [-0.25, -0.2) is 9.59 Å². The fourth-order valence-corrected chi connectivity index (χ4v) is 4.61. The Morgan fingerprint density at radius 2 is 1.73 bits per heavy atom. The van der Waals surface area contributed by atoms with E-state index in [1.54, 1.807) is 0 Å². The van der Waals surface area contributed by atoms with Crippen molar-refractivity contribution in [2.75, 3.05) is 14.2 Å². The van der Waals surface area contributed by atoms with Gasteiger partial charge in [-0.05, 0) is 22.8 Å². The number of nitro benzene ring substituents is 1. The minimum atomic E-state index is -1.20. The van der Waals surface area contributed by atoms with Gasteiger partial charge in [0.1, 0.15) is 24.4 Å². The van der Waals surface area contributed by atoms with Gasteiger partial charge in [-0.15, -0.1) is 0 Å². The van der Waals surface area contributed by atoms with Crippen LogP contribution in [0.15, 0.2) is 72.8 Å². The molecule has 3 aromatic carbocycles. The number of non-ortho nitro benzene ring substituents is 1. The fourth-order valence-electron chi connectivity index (χ4n) is 4.61. The van der Waals surface area contributed by atoms with Crippen molar-refractivity contribution in [1.82, 2.24) is 10.2 Å². The number of carbonyl (C=O) groups is 3. The smallest absolute Gasteiger partial charge is 0.411 e. The van der Waals surface area contributed by atoms with Crippen LogP contribution in [0.2, 0.25) is 0 Å². The van der Waals surface area contributed by atoms with Crippen LogP contribution in [-0.4, -0.2) is 54.1 Å². The Kier molecular flexibility index (Phi) is 8.95. The first-order valence-electron chi connectivity index (χ1n) is 12.5. The monoisotopic (exact) mass is 547 g/mol. The molecule has 1 aliphatic rings. The summed E-state index contributed by atoms with van der Waals surface area (Å²) >= 11 is 0. The topological polar surface area (TPSA) is 137 Å². The highest BCUT2D eigenvalue weighted by atomic mass is 16.6. The number of nitro groups is 1. The van der Waals surface area contributed by atoms with Crippen molar-refractivity contribution in [3.8, 4) is 5.75 Å². The molecule has 0 spiro atoms. The largest absolute Gasteiger partial charge is 0.496 e. The van der Waals surface area contributed by atoms with Crippen LogP contribution < -0.4 is 10.1 Å². The number of nitrogens with one attached hydrogen (secondary N) is 1. The molecule has 1 heterocycles. The first-order chi connectivity index (χ1) is 19.3. The Morgan fingerprint density at radius 1 is 1.02 bits per heavy atom. The van der Waals surface area contributed by atoms with Crippen LogP contribution in [0.1, 0.15) is 22.3 Å². The summed E-state index contributed by atoms with van der Waals surface area (Å²) in [7, 11) is 2.57. The molecule has 3 aromatic rings. The van der Waals surface area contributed by atoms with Gasteiger partial charge < -0.3 is 19.5 Å². The Hall–Kier alpha value is -4.93. The third kappa shape index (κ3) is 6.55. The molecule has 2 atom stereocenters. The number of amides is 2. The molecule has 1 aliphatic heterocycles. The number of ether oxygens (including phenoxy) is 3. The minimum absolute atomic E-state index is 0.0313. The van der Waals surface area contributed by atoms with Crippen LogP contribution in [0, 0.1) is 10.1 Å². The van der Waals surface area contributed by atoms with Gasteiger partial charge in [0.25, 0.3) is 5.69 Å². The maximum atomic E-state index is 13.6. The molecule has 2 amide bonds. The van der Waals surface area contributed by atoms with Gasteiger partial charge in [0, 0.05) is 30.5 Å². The summed E-state index contributed by atoms with van der Waals surface area (Å²) < 4.78 is 15.8. The molecule has 0 bridgehead atoms. The van der Waals surface area contributed by atoms with E-state index in [9.17, 15) is 24.5 Å². The van der Waals surface area contributed by atoms with E-state index in [4.69, 9.17) is 14.2 Å². The van der Waals surface area contributed by atoms with E-state index in [1.807, 2.05) is 54.6 Å². The van der Waals surface area contributed by atoms with Crippen molar-refractivity contribution in [2.24, 2.45) is 0 Å². The highest BCUT2D eigenvalue weighted by Gasteiger charge is 2.37. The normalized spacial score (nSPS) is 14.8. The van der Waals surface area contributed by atoms with Gasteiger partial charge in [-0.1, -0.05) is 54.6 Å². The second-order valence-electron chi connectivity index (χ2n) is 9.20. The molecule has 0 aliphatic carbocycles. The minimum Gasteiger partial charge on any atom is -0.496 e. The van der Waals surface area contributed by atoms with Crippen molar-refractivity contribution < 1.29 is 33.5 Å². The molecular formula is C29H29N3O8. The lowest BCUT2D eigenvalue weighted by Gasteiger charge is -2.35. The highest BCUT2D eigenvalue weighted by molar-refractivity contribution is 5.90. The fraction of sp³-hybridized carbons (Fsp3) is 0.276. The van der Waals surface area contributed by atoms with Gasteiger partial charge in [-0.3, -0.25) is 19.8 Å².